The Balaban J connectivity index is 1.62. The monoisotopic (exact) mass is 443 g/mol. The molecule has 3 aromatic carbocycles. The van der Waals surface area contributed by atoms with Crippen LogP contribution < -0.4 is 19.5 Å². The number of para-hydroxylation sites is 2. The zero-order valence-corrected chi connectivity index (χ0v) is 18.5. The van der Waals surface area contributed by atoms with Crippen molar-refractivity contribution in [1.82, 2.24) is 15.1 Å². The molecule has 0 unspecified atom stereocenters. The van der Waals surface area contributed by atoms with E-state index >= 15 is 0 Å². The molecule has 0 aliphatic carbocycles. The number of ether oxygens (including phenoxy) is 3. The van der Waals surface area contributed by atoms with E-state index in [1.807, 2.05) is 66.7 Å². The van der Waals surface area contributed by atoms with Crippen molar-refractivity contribution in [1.29, 1.82) is 0 Å². The number of hydrogen-bond acceptors (Lipinski definition) is 5. The summed E-state index contributed by atoms with van der Waals surface area (Å²) in [6, 6.07) is 24.5. The fourth-order valence-electron chi connectivity index (χ4n) is 3.40. The maximum Gasteiger partial charge on any atom is 0.255 e. The zero-order chi connectivity index (χ0) is 23.0. The van der Waals surface area contributed by atoms with Crippen LogP contribution in [0.3, 0.4) is 0 Å². The van der Waals surface area contributed by atoms with Gasteiger partial charge in [0.25, 0.3) is 5.91 Å². The summed E-state index contributed by atoms with van der Waals surface area (Å²) in [6.45, 7) is 0.694. The van der Waals surface area contributed by atoms with Gasteiger partial charge in [-0.2, -0.15) is 5.10 Å². The van der Waals surface area contributed by atoms with Gasteiger partial charge in [-0.05, 0) is 42.5 Å². The number of hydrogen-bond donors (Lipinski definition) is 1. The van der Waals surface area contributed by atoms with Crippen molar-refractivity contribution in [2.24, 2.45) is 0 Å². The Labute approximate surface area is 192 Å². The molecule has 0 aliphatic heterocycles. The number of amides is 1. The molecular formula is C26H25N3O4. The normalized spacial score (nSPS) is 10.5. The van der Waals surface area contributed by atoms with E-state index in [0.717, 1.165) is 11.4 Å². The van der Waals surface area contributed by atoms with E-state index in [9.17, 15) is 4.79 Å². The Morgan fingerprint density at radius 2 is 1.64 bits per heavy atom. The maximum atomic E-state index is 13.2. The summed E-state index contributed by atoms with van der Waals surface area (Å²) in [4.78, 5) is 13.2. The van der Waals surface area contributed by atoms with E-state index in [4.69, 9.17) is 19.3 Å². The van der Waals surface area contributed by atoms with Gasteiger partial charge in [-0.15, -0.1) is 0 Å². The number of carbonyl (C=O) groups excluding carboxylic acids is 1. The standard InChI is InChI=1S/C26H25N3O4/c1-31-21-13-14-24(32-2)22(17-21)25-23(18-29(28-25)19-9-5-3-6-10-19)26(30)27-15-16-33-20-11-7-4-8-12-20/h3-14,17-18H,15-16H2,1-2H3,(H,27,30). The van der Waals surface area contributed by atoms with Crippen LogP contribution in [0.5, 0.6) is 17.2 Å². The van der Waals surface area contributed by atoms with Gasteiger partial charge in [0.1, 0.15) is 29.5 Å². The smallest absolute Gasteiger partial charge is 0.255 e. The van der Waals surface area contributed by atoms with Gasteiger partial charge in [0, 0.05) is 11.8 Å². The molecule has 0 saturated carbocycles. The van der Waals surface area contributed by atoms with Crippen molar-refractivity contribution in [3.05, 3.63) is 90.6 Å². The molecule has 0 bridgehead atoms. The van der Waals surface area contributed by atoms with Gasteiger partial charge in [0.15, 0.2) is 0 Å². The third kappa shape index (κ3) is 5.15. The molecule has 7 heteroatoms. The molecule has 168 valence electrons. The van der Waals surface area contributed by atoms with Crippen LogP contribution in [0.15, 0.2) is 85.1 Å². The molecule has 0 spiro atoms. The molecule has 0 aliphatic rings. The molecule has 1 N–H and O–H groups in total. The number of nitrogens with one attached hydrogen (secondary N) is 1. The van der Waals surface area contributed by atoms with Crippen LogP contribution in [0, 0.1) is 0 Å². The van der Waals surface area contributed by atoms with Crippen molar-refractivity contribution in [2.45, 2.75) is 0 Å². The SMILES string of the molecule is COc1ccc(OC)c(-c2nn(-c3ccccc3)cc2C(=O)NCCOc2ccccc2)c1. The zero-order valence-electron chi connectivity index (χ0n) is 18.5. The Morgan fingerprint density at radius 1 is 0.909 bits per heavy atom. The number of aromatic nitrogens is 2. The fraction of sp³-hybridized carbons (Fsp3) is 0.154. The van der Waals surface area contributed by atoms with Crippen LogP contribution in [0.2, 0.25) is 0 Å². The Hall–Kier alpha value is -4.26. The highest BCUT2D eigenvalue weighted by atomic mass is 16.5. The molecule has 0 atom stereocenters. The van der Waals surface area contributed by atoms with E-state index in [0.29, 0.717) is 41.5 Å². The van der Waals surface area contributed by atoms with Crippen LogP contribution in [0.1, 0.15) is 10.4 Å². The van der Waals surface area contributed by atoms with Crippen LogP contribution in [0.25, 0.3) is 16.9 Å². The number of nitrogens with zero attached hydrogens (tertiary/aromatic N) is 2. The molecule has 4 aromatic rings. The molecular weight excluding hydrogens is 418 g/mol. The van der Waals surface area contributed by atoms with Crippen LogP contribution in [-0.4, -0.2) is 43.1 Å². The topological polar surface area (TPSA) is 74.6 Å². The van der Waals surface area contributed by atoms with Gasteiger partial charge in [0.2, 0.25) is 0 Å². The molecule has 0 saturated heterocycles. The fourth-order valence-corrected chi connectivity index (χ4v) is 3.40. The molecule has 1 heterocycles. The van der Waals surface area contributed by atoms with Crippen molar-refractivity contribution in [3.8, 4) is 34.2 Å². The maximum absolute atomic E-state index is 13.2. The lowest BCUT2D eigenvalue weighted by atomic mass is 10.1. The molecule has 33 heavy (non-hydrogen) atoms. The number of carbonyl (C=O) groups is 1. The van der Waals surface area contributed by atoms with Gasteiger partial charge in [-0.3, -0.25) is 4.79 Å². The van der Waals surface area contributed by atoms with Gasteiger partial charge < -0.3 is 19.5 Å². The number of rotatable bonds is 9. The summed E-state index contributed by atoms with van der Waals surface area (Å²) < 4.78 is 18.3. The average molecular weight is 444 g/mol. The Kier molecular flexibility index (Phi) is 6.90. The first-order chi connectivity index (χ1) is 16.2. The van der Waals surface area contributed by atoms with Gasteiger partial charge in [-0.1, -0.05) is 36.4 Å². The summed E-state index contributed by atoms with van der Waals surface area (Å²) >= 11 is 0. The quantitative estimate of drug-likeness (QED) is 0.389. The minimum absolute atomic E-state index is 0.256. The highest BCUT2D eigenvalue weighted by Gasteiger charge is 2.22. The molecule has 0 radical (unpaired) electrons. The lowest BCUT2D eigenvalue weighted by molar-refractivity contribution is 0.0947. The van der Waals surface area contributed by atoms with E-state index in [-0.39, 0.29) is 5.91 Å². The largest absolute Gasteiger partial charge is 0.497 e. The van der Waals surface area contributed by atoms with Crippen LogP contribution >= 0.6 is 0 Å². The minimum atomic E-state index is -0.256. The lowest BCUT2D eigenvalue weighted by Crippen LogP contribution is -2.28. The lowest BCUT2D eigenvalue weighted by Gasteiger charge is -2.11. The molecule has 0 fully saturated rings. The van der Waals surface area contributed by atoms with Gasteiger partial charge >= 0.3 is 0 Å². The molecule has 1 aromatic heterocycles. The number of benzene rings is 3. The average Bonchev–Trinajstić information content (AvgIpc) is 3.33. The Bertz CT molecular complexity index is 1210. The summed E-state index contributed by atoms with van der Waals surface area (Å²) in [6.07, 6.45) is 1.72. The van der Waals surface area contributed by atoms with Crippen LogP contribution in [-0.2, 0) is 0 Å². The summed E-state index contributed by atoms with van der Waals surface area (Å²) in [5, 5.41) is 7.64. The summed E-state index contributed by atoms with van der Waals surface area (Å²) in [7, 11) is 3.18. The molecule has 4 rings (SSSR count). The number of methoxy groups -OCH3 is 2. The van der Waals surface area contributed by atoms with Gasteiger partial charge in [-0.25, -0.2) is 4.68 Å². The van der Waals surface area contributed by atoms with E-state index < -0.39 is 0 Å². The highest BCUT2D eigenvalue weighted by molar-refractivity contribution is 6.00. The van der Waals surface area contributed by atoms with E-state index in [1.165, 1.54) is 0 Å². The Morgan fingerprint density at radius 3 is 2.33 bits per heavy atom. The van der Waals surface area contributed by atoms with E-state index in [2.05, 4.69) is 5.32 Å². The van der Waals surface area contributed by atoms with E-state index in [1.54, 1.807) is 37.2 Å². The first kappa shape index (κ1) is 22.0. The predicted octanol–water partition coefficient (Wildman–Crippen LogP) is 4.37. The first-order valence-electron chi connectivity index (χ1n) is 10.5. The van der Waals surface area contributed by atoms with Gasteiger partial charge in [0.05, 0.1) is 32.0 Å². The van der Waals surface area contributed by atoms with Crippen molar-refractivity contribution < 1.29 is 19.0 Å². The first-order valence-corrected chi connectivity index (χ1v) is 10.5. The highest BCUT2D eigenvalue weighted by Crippen LogP contribution is 2.35. The second kappa shape index (κ2) is 10.4. The van der Waals surface area contributed by atoms with Crippen molar-refractivity contribution in [3.63, 3.8) is 0 Å². The third-order valence-electron chi connectivity index (χ3n) is 5.04. The second-order valence-electron chi connectivity index (χ2n) is 7.16. The summed E-state index contributed by atoms with van der Waals surface area (Å²) in [5.74, 6) is 1.73. The molecule has 1 amide bonds. The minimum Gasteiger partial charge on any atom is -0.497 e. The van der Waals surface area contributed by atoms with Crippen molar-refractivity contribution in [2.75, 3.05) is 27.4 Å². The predicted molar refractivity (Wildman–Crippen MR) is 126 cm³/mol. The van der Waals surface area contributed by atoms with Crippen LogP contribution in [0.4, 0.5) is 0 Å². The van der Waals surface area contributed by atoms with Crippen molar-refractivity contribution >= 4 is 5.91 Å². The third-order valence-corrected chi connectivity index (χ3v) is 5.04. The summed E-state index contributed by atoms with van der Waals surface area (Å²) in [5.41, 5.74) is 2.42. The molecule has 7 nitrogen and oxygen atoms in total. The second-order valence-corrected chi connectivity index (χ2v) is 7.16.